The summed E-state index contributed by atoms with van der Waals surface area (Å²) in [6.45, 7) is 0. The molecule has 1 aromatic carbocycles. The van der Waals surface area contributed by atoms with Crippen LogP contribution >= 0.6 is 11.8 Å². The molecular weight excluding hydrogens is 256 g/mol. The summed E-state index contributed by atoms with van der Waals surface area (Å²) in [7, 11) is 0. The number of rotatable bonds is 5. The van der Waals surface area contributed by atoms with Crippen LogP contribution in [-0.2, 0) is 0 Å². The van der Waals surface area contributed by atoms with E-state index in [1.54, 1.807) is 18.1 Å². The molecule has 0 amide bonds. The van der Waals surface area contributed by atoms with E-state index in [1.807, 2.05) is 24.3 Å². The average molecular weight is 268 g/mol. The molecular formula is C14H12N4S. The van der Waals surface area contributed by atoms with Crippen LogP contribution in [0.2, 0.25) is 0 Å². The van der Waals surface area contributed by atoms with E-state index in [1.165, 1.54) is 0 Å². The number of para-hydroxylation sites is 1. The Morgan fingerprint density at radius 2 is 2.05 bits per heavy atom. The molecule has 1 aromatic heterocycles. The van der Waals surface area contributed by atoms with E-state index >= 15 is 0 Å². The maximum Gasteiger partial charge on any atom is 0.117 e. The molecule has 94 valence electrons. The van der Waals surface area contributed by atoms with Gasteiger partial charge in [-0.2, -0.15) is 10.5 Å². The molecule has 0 saturated carbocycles. The maximum atomic E-state index is 9.04. The van der Waals surface area contributed by atoms with Crippen molar-refractivity contribution in [1.82, 2.24) is 9.97 Å². The van der Waals surface area contributed by atoms with E-state index in [-0.39, 0.29) is 5.92 Å². The molecule has 1 atom stereocenters. The molecule has 0 saturated heterocycles. The molecule has 0 bridgehead atoms. The van der Waals surface area contributed by atoms with Crippen LogP contribution in [0, 0.1) is 28.6 Å². The fraction of sp³-hybridized carbons (Fsp3) is 0.286. The zero-order valence-corrected chi connectivity index (χ0v) is 11.1. The van der Waals surface area contributed by atoms with Gasteiger partial charge >= 0.3 is 0 Å². The van der Waals surface area contributed by atoms with Gasteiger partial charge in [0.1, 0.15) is 11.4 Å². The highest BCUT2D eigenvalue weighted by Crippen LogP contribution is 2.26. The van der Waals surface area contributed by atoms with Gasteiger partial charge in [-0.05, 0) is 12.5 Å². The number of aromatic nitrogens is 2. The second kappa shape index (κ2) is 6.72. The van der Waals surface area contributed by atoms with Gasteiger partial charge in [-0.15, -0.1) is 11.8 Å². The van der Waals surface area contributed by atoms with Crippen molar-refractivity contribution in [3.63, 3.8) is 0 Å². The van der Waals surface area contributed by atoms with E-state index in [4.69, 9.17) is 10.5 Å². The molecule has 0 unspecified atom stereocenters. The minimum Gasteiger partial charge on any atom is -0.236 e. The predicted molar refractivity (Wildman–Crippen MR) is 74.2 cm³/mol. The molecule has 5 heteroatoms. The van der Waals surface area contributed by atoms with Gasteiger partial charge in [-0.25, -0.2) is 9.97 Å². The summed E-state index contributed by atoms with van der Waals surface area (Å²) in [6, 6.07) is 12.1. The number of nitrogens with zero attached hydrogens (tertiary/aromatic N) is 4. The topological polar surface area (TPSA) is 73.4 Å². The summed E-state index contributed by atoms with van der Waals surface area (Å²) >= 11 is 1.55. The van der Waals surface area contributed by atoms with E-state index in [0.29, 0.717) is 18.6 Å². The lowest BCUT2D eigenvalue weighted by Crippen LogP contribution is -2.00. The molecule has 4 nitrogen and oxygen atoms in total. The van der Waals surface area contributed by atoms with Crippen LogP contribution in [0.5, 0.6) is 0 Å². The standard InChI is InChI=1S/C14H12N4S/c15-7-3-4-11(8-16)9-19-14-12-5-1-2-6-13(12)17-10-18-14/h1-2,5-6,10-11H,3-4,9H2/t11-/m0/s1. The van der Waals surface area contributed by atoms with Crippen LogP contribution in [0.15, 0.2) is 35.6 Å². The van der Waals surface area contributed by atoms with Crippen LogP contribution < -0.4 is 0 Å². The Kier molecular flexibility index (Phi) is 4.72. The molecule has 0 radical (unpaired) electrons. The first-order valence-corrected chi connectivity index (χ1v) is 6.93. The van der Waals surface area contributed by atoms with Gasteiger partial charge in [0.15, 0.2) is 0 Å². The van der Waals surface area contributed by atoms with Crippen molar-refractivity contribution >= 4 is 22.7 Å². The largest absolute Gasteiger partial charge is 0.236 e. The number of hydrogen-bond acceptors (Lipinski definition) is 5. The summed E-state index contributed by atoms with van der Waals surface area (Å²) in [5, 5.41) is 19.5. The number of nitriles is 2. The van der Waals surface area contributed by atoms with Crippen molar-refractivity contribution < 1.29 is 0 Å². The average Bonchev–Trinajstić information content (AvgIpc) is 2.47. The Labute approximate surface area is 116 Å². The highest BCUT2D eigenvalue weighted by molar-refractivity contribution is 7.99. The van der Waals surface area contributed by atoms with Crippen LogP contribution in [-0.4, -0.2) is 15.7 Å². The Balaban J connectivity index is 2.10. The highest BCUT2D eigenvalue weighted by Gasteiger charge is 2.10. The van der Waals surface area contributed by atoms with Crippen molar-refractivity contribution in [3.8, 4) is 12.1 Å². The quantitative estimate of drug-likeness (QED) is 0.615. The van der Waals surface area contributed by atoms with E-state index < -0.39 is 0 Å². The van der Waals surface area contributed by atoms with Crippen LogP contribution in [0.3, 0.4) is 0 Å². The number of hydrogen-bond donors (Lipinski definition) is 0. The lowest BCUT2D eigenvalue weighted by molar-refractivity contribution is 0.685. The maximum absolute atomic E-state index is 9.04. The van der Waals surface area contributed by atoms with Crippen molar-refractivity contribution in [2.75, 3.05) is 5.75 Å². The van der Waals surface area contributed by atoms with Crippen LogP contribution in [0.25, 0.3) is 10.9 Å². The van der Waals surface area contributed by atoms with Crippen molar-refractivity contribution in [2.45, 2.75) is 17.9 Å². The van der Waals surface area contributed by atoms with Crippen molar-refractivity contribution in [1.29, 1.82) is 10.5 Å². The summed E-state index contributed by atoms with van der Waals surface area (Å²) in [5.41, 5.74) is 0.908. The fourth-order valence-corrected chi connectivity index (χ4v) is 2.75. The first-order valence-electron chi connectivity index (χ1n) is 5.94. The molecule has 0 aliphatic heterocycles. The summed E-state index contributed by atoms with van der Waals surface area (Å²) in [6.07, 6.45) is 2.58. The van der Waals surface area contributed by atoms with Gasteiger partial charge < -0.3 is 0 Å². The second-order valence-corrected chi connectivity index (χ2v) is 5.04. The third-order valence-electron chi connectivity index (χ3n) is 2.71. The van der Waals surface area contributed by atoms with Crippen molar-refractivity contribution in [2.24, 2.45) is 5.92 Å². The first kappa shape index (κ1) is 13.3. The van der Waals surface area contributed by atoms with Crippen molar-refractivity contribution in [3.05, 3.63) is 30.6 Å². The Morgan fingerprint density at radius 3 is 2.84 bits per heavy atom. The number of thioether (sulfide) groups is 1. The summed E-state index contributed by atoms with van der Waals surface area (Å²) in [4.78, 5) is 8.48. The highest BCUT2D eigenvalue weighted by atomic mass is 32.2. The molecule has 0 aliphatic rings. The van der Waals surface area contributed by atoms with E-state index in [2.05, 4.69) is 22.1 Å². The zero-order valence-electron chi connectivity index (χ0n) is 10.3. The molecule has 0 N–H and O–H groups in total. The molecule has 0 fully saturated rings. The van der Waals surface area contributed by atoms with E-state index in [0.717, 1.165) is 15.9 Å². The van der Waals surface area contributed by atoms with Gasteiger partial charge in [0, 0.05) is 17.6 Å². The predicted octanol–water partition coefficient (Wildman–Crippen LogP) is 3.17. The lowest BCUT2D eigenvalue weighted by Gasteiger charge is -2.07. The molecule has 0 spiro atoms. The summed E-state index contributed by atoms with van der Waals surface area (Å²) in [5.74, 6) is 0.539. The molecule has 0 aliphatic carbocycles. The molecule has 19 heavy (non-hydrogen) atoms. The molecule has 2 aromatic rings. The minimum atomic E-state index is -0.113. The van der Waals surface area contributed by atoms with Crippen LogP contribution in [0.1, 0.15) is 12.8 Å². The lowest BCUT2D eigenvalue weighted by atomic mass is 10.1. The normalized spacial score (nSPS) is 11.7. The van der Waals surface area contributed by atoms with Gasteiger partial charge in [-0.1, -0.05) is 18.2 Å². The molecule has 2 rings (SSSR count). The smallest absolute Gasteiger partial charge is 0.117 e. The number of benzene rings is 1. The minimum absolute atomic E-state index is 0.113. The Hall–Kier alpha value is -2.11. The summed E-state index contributed by atoms with van der Waals surface area (Å²) < 4.78 is 0. The Morgan fingerprint density at radius 1 is 1.21 bits per heavy atom. The van der Waals surface area contributed by atoms with Gasteiger partial charge in [-0.3, -0.25) is 0 Å². The Bertz CT molecular complexity index is 636. The van der Waals surface area contributed by atoms with E-state index in [9.17, 15) is 0 Å². The van der Waals surface area contributed by atoms with Gasteiger partial charge in [0.25, 0.3) is 0 Å². The van der Waals surface area contributed by atoms with Crippen LogP contribution in [0.4, 0.5) is 0 Å². The second-order valence-electron chi connectivity index (χ2n) is 4.03. The third-order valence-corrected chi connectivity index (χ3v) is 3.88. The zero-order chi connectivity index (χ0) is 13.5. The fourth-order valence-electron chi connectivity index (χ4n) is 1.70. The van der Waals surface area contributed by atoms with Gasteiger partial charge in [0.2, 0.25) is 0 Å². The third kappa shape index (κ3) is 3.43. The monoisotopic (exact) mass is 268 g/mol. The number of fused-ring (bicyclic) bond motifs is 1. The van der Waals surface area contributed by atoms with Gasteiger partial charge in [0.05, 0.1) is 23.6 Å². The molecule has 1 heterocycles. The SMILES string of the molecule is N#CCC[C@@H](C#N)CSc1ncnc2ccccc12. The first-order chi connectivity index (χ1) is 9.35.